The summed E-state index contributed by atoms with van der Waals surface area (Å²) < 4.78 is 29.8. The van der Waals surface area contributed by atoms with Crippen molar-refractivity contribution in [3.63, 3.8) is 0 Å². The maximum absolute atomic E-state index is 15.4. The lowest BCUT2D eigenvalue weighted by atomic mass is 10.00. The van der Waals surface area contributed by atoms with E-state index in [4.69, 9.17) is 0 Å². The number of halogens is 2. The molecule has 16 heteroatoms. The van der Waals surface area contributed by atoms with Gasteiger partial charge in [0.1, 0.15) is 29.5 Å². The van der Waals surface area contributed by atoms with Gasteiger partial charge >= 0.3 is 0 Å². The highest BCUT2D eigenvalue weighted by Crippen LogP contribution is 2.38. The quantitative estimate of drug-likeness (QED) is 0.211. The number of imide groups is 1. The third kappa shape index (κ3) is 6.91. The topological polar surface area (TPSA) is 155 Å². The van der Waals surface area contributed by atoms with Crippen LogP contribution in [0.4, 0.5) is 19.6 Å². The lowest BCUT2D eigenvalue weighted by Gasteiger charge is -2.38. The van der Waals surface area contributed by atoms with E-state index >= 15 is 4.39 Å². The third-order valence-corrected chi connectivity index (χ3v) is 11.6. The van der Waals surface area contributed by atoms with Crippen LogP contribution in [0, 0.1) is 11.6 Å². The van der Waals surface area contributed by atoms with Gasteiger partial charge in [-0.2, -0.15) is 0 Å². The van der Waals surface area contributed by atoms with Gasteiger partial charge < -0.3 is 19.8 Å². The number of nitrogens with zero attached hydrogens (tertiary/aromatic N) is 5. The van der Waals surface area contributed by atoms with Gasteiger partial charge in [0.25, 0.3) is 17.7 Å². The first-order valence-electron chi connectivity index (χ1n) is 18.0. The van der Waals surface area contributed by atoms with Crippen molar-refractivity contribution in [2.45, 2.75) is 63.4 Å². The number of hydrogen-bond acceptors (Lipinski definition) is 10. The summed E-state index contributed by atoms with van der Waals surface area (Å²) in [4.78, 5) is 75.8. The molecule has 13 nitrogen and oxygen atoms in total. The first-order chi connectivity index (χ1) is 26.4. The fourth-order valence-electron chi connectivity index (χ4n) is 8.16. The second kappa shape index (κ2) is 14.5. The van der Waals surface area contributed by atoms with E-state index in [1.165, 1.54) is 33.4 Å². The highest BCUT2D eigenvalue weighted by atomic mass is 32.1. The zero-order chi connectivity index (χ0) is 38.5. The highest BCUT2D eigenvalue weighted by molar-refractivity contribution is 7.13. The molecule has 4 aliphatic heterocycles. The van der Waals surface area contributed by atoms with Gasteiger partial charge in [-0.25, -0.2) is 13.8 Å². The fourth-order valence-corrected chi connectivity index (χ4v) is 8.70. The molecular formula is C39H37F2N7O6S. The Balaban J connectivity index is 0.920. The molecule has 4 aliphatic rings. The molecule has 0 bridgehead atoms. The first-order valence-corrected chi connectivity index (χ1v) is 18.9. The predicted molar refractivity (Wildman–Crippen MR) is 197 cm³/mol. The van der Waals surface area contributed by atoms with Crippen molar-refractivity contribution in [3.8, 4) is 5.75 Å². The van der Waals surface area contributed by atoms with Gasteiger partial charge in [-0.1, -0.05) is 12.1 Å². The van der Waals surface area contributed by atoms with Gasteiger partial charge in [0.15, 0.2) is 5.13 Å². The molecule has 0 saturated carbocycles. The Bertz CT molecular complexity index is 2230. The Morgan fingerprint density at radius 3 is 2.56 bits per heavy atom. The third-order valence-electron chi connectivity index (χ3n) is 11.0. The molecule has 3 N–H and O–H groups in total. The maximum atomic E-state index is 15.4. The number of anilines is 2. The smallest absolute Gasteiger partial charge is 0.258 e. The van der Waals surface area contributed by atoms with E-state index < -0.39 is 47.3 Å². The highest BCUT2D eigenvalue weighted by Gasteiger charge is 2.42. The SMILES string of the molecule is CN(Cc1cc(F)c2c(c1)CN(C1CCC(=O)NC1=O)C2=O)C1CCN(c2ccc3c(c2)C(=O)N(C(C(=O)Nc2nccs2)c2cc(F)ccc2O)C3)CC1. The van der Waals surface area contributed by atoms with Gasteiger partial charge in [-0.3, -0.25) is 39.5 Å². The van der Waals surface area contributed by atoms with E-state index in [1.807, 2.05) is 31.3 Å². The number of hydrogen-bond donors (Lipinski definition) is 3. The van der Waals surface area contributed by atoms with Crippen LogP contribution in [0.1, 0.15) is 74.7 Å². The Labute approximate surface area is 318 Å². The van der Waals surface area contributed by atoms with Crippen LogP contribution in [0.15, 0.2) is 60.1 Å². The van der Waals surface area contributed by atoms with Crippen LogP contribution in [0.25, 0.3) is 0 Å². The van der Waals surface area contributed by atoms with Crippen LogP contribution < -0.4 is 15.5 Å². The number of benzene rings is 3. The molecule has 0 radical (unpaired) electrons. The summed E-state index contributed by atoms with van der Waals surface area (Å²) in [5.41, 5.74) is 3.15. The molecule has 2 atom stereocenters. The number of piperidine rings is 2. The second-order valence-corrected chi connectivity index (χ2v) is 15.2. The monoisotopic (exact) mass is 769 g/mol. The second-order valence-electron chi connectivity index (χ2n) is 14.4. The Hall–Kier alpha value is -5.74. The van der Waals surface area contributed by atoms with E-state index in [-0.39, 0.29) is 54.8 Å². The molecule has 2 unspecified atom stereocenters. The van der Waals surface area contributed by atoms with E-state index in [2.05, 4.69) is 25.4 Å². The number of aromatic hydroxyl groups is 1. The molecule has 8 rings (SSSR count). The summed E-state index contributed by atoms with van der Waals surface area (Å²) in [6.07, 6.45) is 3.43. The predicted octanol–water partition coefficient (Wildman–Crippen LogP) is 4.32. The molecule has 2 fully saturated rings. The Kier molecular flexibility index (Phi) is 9.55. The number of nitrogens with one attached hydrogen (secondary N) is 2. The van der Waals surface area contributed by atoms with Gasteiger partial charge in [-0.05, 0) is 79.4 Å². The van der Waals surface area contributed by atoms with Crippen LogP contribution in [-0.2, 0) is 34.0 Å². The molecule has 5 amide bonds. The van der Waals surface area contributed by atoms with Gasteiger partial charge in [0, 0.05) is 73.6 Å². The maximum Gasteiger partial charge on any atom is 0.258 e. The number of phenolic OH excluding ortho intramolecular Hbond substituents is 1. The molecule has 0 spiro atoms. The largest absolute Gasteiger partial charge is 0.508 e. The minimum atomic E-state index is -1.32. The van der Waals surface area contributed by atoms with Crippen LogP contribution in [-0.4, -0.2) is 86.5 Å². The van der Waals surface area contributed by atoms with Crippen LogP contribution in [0.5, 0.6) is 5.75 Å². The molecular weight excluding hydrogens is 733 g/mol. The number of carbonyl (C=O) groups excluding carboxylic acids is 5. The van der Waals surface area contributed by atoms with Crippen molar-refractivity contribution in [2.75, 3.05) is 30.4 Å². The van der Waals surface area contributed by atoms with Crippen molar-refractivity contribution in [2.24, 2.45) is 0 Å². The lowest BCUT2D eigenvalue weighted by Crippen LogP contribution is -2.52. The van der Waals surface area contributed by atoms with E-state index in [0.29, 0.717) is 47.0 Å². The summed E-state index contributed by atoms with van der Waals surface area (Å²) in [6, 6.07) is 10.2. The van der Waals surface area contributed by atoms with Crippen LogP contribution >= 0.6 is 11.3 Å². The summed E-state index contributed by atoms with van der Waals surface area (Å²) in [6.45, 7) is 2.01. The normalized spacial score (nSPS) is 19.2. The van der Waals surface area contributed by atoms with Crippen LogP contribution in [0.3, 0.4) is 0 Å². The number of fused-ring (bicyclic) bond motifs is 2. The molecule has 1 aromatic heterocycles. The fraction of sp³-hybridized carbons (Fsp3) is 0.333. The zero-order valence-electron chi connectivity index (χ0n) is 29.8. The van der Waals surface area contributed by atoms with Crippen molar-refractivity contribution < 1.29 is 37.9 Å². The number of amides is 5. The average Bonchev–Trinajstić information content (AvgIpc) is 3.88. The minimum Gasteiger partial charge on any atom is -0.508 e. The Morgan fingerprint density at radius 2 is 1.82 bits per heavy atom. The summed E-state index contributed by atoms with van der Waals surface area (Å²) in [5, 5.41) is 17.6. The molecule has 4 aromatic rings. The van der Waals surface area contributed by atoms with Gasteiger partial charge in [-0.15, -0.1) is 11.3 Å². The molecule has 2 saturated heterocycles. The average molecular weight is 770 g/mol. The Morgan fingerprint density at radius 1 is 1.02 bits per heavy atom. The molecule has 55 heavy (non-hydrogen) atoms. The van der Waals surface area contributed by atoms with E-state index in [1.54, 1.807) is 5.38 Å². The van der Waals surface area contributed by atoms with Crippen molar-refractivity contribution in [1.29, 1.82) is 0 Å². The van der Waals surface area contributed by atoms with Crippen molar-refractivity contribution >= 4 is 51.7 Å². The number of aromatic nitrogens is 1. The van der Waals surface area contributed by atoms with Crippen molar-refractivity contribution in [1.82, 2.24) is 25.0 Å². The zero-order valence-corrected chi connectivity index (χ0v) is 30.6. The van der Waals surface area contributed by atoms with Crippen molar-refractivity contribution in [3.05, 3.63) is 105 Å². The summed E-state index contributed by atoms with van der Waals surface area (Å²) in [5.74, 6) is -4.11. The van der Waals surface area contributed by atoms with Gasteiger partial charge in [0.2, 0.25) is 11.8 Å². The number of rotatable bonds is 9. The molecule has 0 aliphatic carbocycles. The molecule has 5 heterocycles. The summed E-state index contributed by atoms with van der Waals surface area (Å²) in [7, 11) is 1.98. The molecule has 3 aromatic carbocycles. The van der Waals surface area contributed by atoms with E-state index in [9.17, 15) is 33.5 Å². The summed E-state index contributed by atoms with van der Waals surface area (Å²) >= 11 is 1.19. The molecule has 284 valence electrons. The first kappa shape index (κ1) is 36.2. The minimum absolute atomic E-state index is 0.0260. The lowest BCUT2D eigenvalue weighted by molar-refractivity contribution is -0.137. The number of thiazole rings is 1. The number of phenols is 1. The number of carbonyl (C=O) groups is 5. The van der Waals surface area contributed by atoms with E-state index in [0.717, 1.165) is 36.7 Å². The van der Waals surface area contributed by atoms with Gasteiger partial charge in [0.05, 0.1) is 5.56 Å². The van der Waals surface area contributed by atoms with Crippen LogP contribution in [0.2, 0.25) is 0 Å². The standard InChI is InChI=1S/C39H37F2N7O6S/c1-45(18-21-14-23-20-47(38(54)33(23)29(41)15-21)30-5-7-32(50)43-35(30)51)25-8-11-46(12-9-25)26-4-2-22-19-48(37(53)27(22)17-26)34(28-16-24(40)3-6-31(28)49)36(52)44-39-42-10-13-55-39/h2-4,6,10,13-17,25,30,34,49H,5,7-9,11-12,18-20H2,1H3,(H,42,44,52)(H,43,50,51).